The number of hydrogen-bond donors (Lipinski definition) is 1. The number of hydrogen-bond acceptors (Lipinski definition) is 2. The van der Waals surface area contributed by atoms with E-state index in [1.807, 2.05) is 6.92 Å². The first kappa shape index (κ1) is 16.4. The maximum atomic E-state index is 6.71. The fourth-order valence-electron chi connectivity index (χ4n) is 3.54. The Kier molecular flexibility index (Phi) is 4.98. The second-order valence-corrected chi connectivity index (χ2v) is 7.23. The number of nitrogens with two attached hydrogens (primary N) is 1. The van der Waals surface area contributed by atoms with Crippen molar-refractivity contribution in [3.63, 3.8) is 0 Å². The van der Waals surface area contributed by atoms with Crippen LogP contribution in [0.1, 0.15) is 65.4 Å². The molecular formula is C19H31NO. The van der Waals surface area contributed by atoms with Crippen molar-refractivity contribution in [2.75, 3.05) is 6.61 Å². The molecule has 21 heavy (non-hydrogen) atoms. The van der Waals surface area contributed by atoms with E-state index in [-0.39, 0.29) is 5.54 Å². The average molecular weight is 289 g/mol. The Balaban J connectivity index is 2.04. The van der Waals surface area contributed by atoms with Crippen molar-refractivity contribution >= 4 is 0 Å². The fourth-order valence-corrected chi connectivity index (χ4v) is 3.54. The van der Waals surface area contributed by atoms with Gasteiger partial charge in [-0.3, -0.25) is 0 Å². The van der Waals surface area contributed by atoms with Gasteiger partial charge < -0.3 is 10.5 Å². The predicted molar refractivity (Wildman–Crippen MR) is 89.5 cm³/mol. The van der Waals surface area contributed by atoms with Gasteiger partial charge in [-0.2, -0.15) is 0 Å². The summed E-state index contributed by atoms with van der Waals surface area (Å²) < 4.78 is 5.52. The highest BCUT2D eigenvalue weighted by atomic mass is 16.5. The minimum atomic E-state index is -0.148. The first-order chi connectivity index (χ1) is 9.91. The number of rotatable bonds is 5. The van der Waals surface area contributed by atoms with Crippen LogP contribution < -0.4 is 10.5 Å². The molecule has 0 unspecified atom stereocenters. The molecule has 1 saturated carbocycles. The van der Waals surface area contributed by atoms with Crippen molar-refractivity contribution < 1.29 is 4.74 Å². The van der Waals surface area contributed by atoms with E-state index in [1.54, 1.807) is 0 Å². The van der Waals surface area contributed by atoms with Gasteiger partial charge in [0.2, 0.25) is 0 Å². The molecule has 1 aliphatic carbocycles. The highest BCUT2D eigenvalue weighted by Crippen LogP contribution is 2.45. The first-order valence-electron chi connectivity index (χ1n) is 8.43. The van der Waals surface area contributed by atoms with E-state index in [2.05, 4.69) is 45.0 Å². The highest BCUT2D eigenvalue weighted by molar-refractivity contribution is 5.32. The number of ether oxygens (including phenoxy) is 1. The standard InChI is InChI=1S/C19H31NO/c1-5-18(3,4)15-11-13-19(20,14-12-15)16-7-9-17(10-8-16)21-6-2/h7-10,15H,5-6,11-14,20H2,1-4H3. The molecule has 1 aromatic rings. The second kappa shape index (κ2) is 6.39. The summed E-state index contributed by atoms with van der Waals surface area (Å²) in [6.07, 6.45) is 5.91. The lowest BCUT2D eigenvalue weighted by molar-refractivity contribution is 0.115. The van der Waals surface area contributed by atoms with Gasteiger partial charge >= 0.3 is 0 Å². The minimum absolute atomic E-state index is 0.148. The summed E-state index contributed by atoms with van der Waals surface area (Å²) in [6, 6.07) is 8.40. The quantitative estimate of drug-likeness (QED) is 0.839. The Hall–Kier alpha value is -1.02. The average Bonchev–Trinajstić information content (AvgIpc) is 2.49. The van der Waals surface area contributed by atoms with Gasteiger partial charge in [-0.25, -0.2) is 0 Å². The molecule has 0 atom stereocenters. The van der Waals surface area contributed by atoms with E-state index in [1.165, 1.54) is 24.8 Å². The van der Waals surface area contributed by atoms with Crippen LogP contribution in [-0.2, 0) is 5.54 Å². The van der Waals surface area contributed by atoms with Gasteiger partial charge in [0.25, 0.3) is 0 Å². The van der Waals surface area contributed by atoms with Crippen LogP contribution >= 0.6 is 0 Å². The van der Waals surface area contributed by atoms with E-state index in [4.69, 9.17) is 10.5 Å². The molecule has 118 valence electrons. The van der Waals surface area contributed by atoms with Crippen molar-refractivity contribution in [2.24, 2.45) is 17.1 Å². The molecule has 1 aliphatic rings. The van der Waals surface area contributed by atoms with E-state index < -0.39 is 0 Å². The molecule has 2 rings (SSSR count). The van der Waals surface area contributed by atoms with Crippen LogP contribution in [0.15, 0.2) is 24.3 Å². The lowest BCUT2D eigenvalue weighted by Crippen LogP contribution is -2.42. The Bertz CT molecular complexity index is 441. The summed E-state index contributed by atoms with van der Waals surface area (Å²) in [5.74, 6) is 1.74. The highest BCUT2D eigenvalue weighted by Gasteiger charge is 2.38. The van der Waals surface area contributed by atoms with E-state index in [0.29, 0.717) is 12.0 Å². The fraction of sp³-hybridized carbons (Fsp3) is 0.684. The molecule has 2 N–H and O–H groups in total. The smallest absolute Gasteiger partial charge is 0.119 e. The summed E-state index contributed by atoms with van der Waals surface area (Å²) in [7, 11) is 0. The van der Waals surface area contributed by atoms with Gasteiger partial charge in [0.1, 0.15) is 5.75 Å². The Morgan fingerprint density at radius 2 is 1.71 bits per heavy atom. The monoisotopic (exact) mass is 289 g/mol. The van der Waals surface area contributed by atoms with Crippen LogP contribution in [0.4, 0.5) is 0 Å². The molecule has 1 aromatic carbocycles. The van der Waals surface area contributed by atoms with E-state index in [0.717, 1.165) is 24.5 Å². The molecule has 0 spiro atoms. The van der Waals surface area contributed by atoms with Crippen LogP contribution in [-0.4, -0.2) is 6.61 Å². The van der Waals surface area contributed by atoms with Crippen molar-refractivity contribution in [3.8, 4) is 5.75 Å². The Morgan fingerprint density at radius 3 is 2.19 bits per heavy atom. The van der Waals surface area contributed by atoms with Crippen LogP contribution in [0, 0.1) is 11.3 Å². The van der Waals surface area contributed by atoms with Gasteiger partial charge in [-0.05, 0) is 61.6 Å². The van der Waals surface area contributed by atoms with E-state index in [9.17, 15) is 0 Å². The summed E-state index contributed by atoms with van der Waals surface area (Å²) in [4.78, 5) is 0. The van der Waals surface area contributed by atoms with Gasteiger partial charge in [0, 0.05) is 5.54 Å². The summed E-state index contributed by atoms with van der Waals surface area (Å²) in [6.45, 7) is 9.82. The van der Waals surface area contributed by atoms with Crippen LogP contribution in [0.2, 0.25) is 0 Å². The van der Waals surface area contributed by atoms with Gasteiger partial charge in [-0.1, -0.05) is 39.3 Å². The third kappa shape index (κ3) is 3.60. The SMILES string of the molecule is CCOc1ccc(C2(N)CCC(C(C)(C)CC)CC2)cc1. The summed E-state index contributed by atoms with van der Waals surface area (Å²) in [5, 5.41) is 0. The molecule has 0 aliphatic heterocycles. The zero-order chi connectivity index (χ0) is 15.5. The van der Waals surface area contributed by atoms with Gasteiger partial charge in [0.15, 0.2) is 0 Å². The topological polar surface area (TPSA) is 35.2 Å². The maximum absolute atomic E-state index is 6.71. The first-order valence-corrected chi connectivity index (χ1v) is 8.43. The van der Waals surface area contributed by atoms with Crippen LogP contribution in [0.25, 0.3) is 0 Å². The molecule has 0 heterocycles. The van der Waals surface area contributed by atoms with Crippen molar-refractivity contribution in [2.45, 2.75) is 65.3 Å². The van der Waals surface area contributed by atoms with Crippen LogP contribution in [0.5, 0.6) is 5.75 Å². The lowest BCUT2D eigenvalue weighted by Gasteiger charge is -2.43. The van der Waals surface area contributed by atoms with Gasteiger partial charge in [-0.15, -0.1) is 0 Å². The normalized spacial score (nSPS) is 26.6. The molecule has 0 saturated heterocycles. The minimum Gasteiger partial charge on any atom is -0.494 e. The third-order valence-electron chi connectivity index (χ3n) is 5.63. The summed E-state index contributed by atoms with van der Waals surface area (Å²) in [5.41, 5.74) is 8.27. The number of benzene rings is 1. The third-order valence-corrected chi connectivity index (χ3v) is 5.63. The van der Waals surface area contributed by atoms with E-state index >= 15 is 0 Å². The van der Waals surface area contributed by atoms with Crippen molar-refractivity contribution in [1.82, 2.24) is 0 Å². The van der Waals surface area contributed by atoms with Crippen molar-refractivity contribution in [1.29, 1.82) is 0 Å². The summed E-state index contributed by atoms with van der Waals surface area (Å²) >= 11 is 0. The molecular weight excluding hydrogens is 258 g/mol. The molecule has 0 amide bonds. The molecule has 0 bridgehead atoms. The molecule has 0 aromatic heterocycles. The molecule has 2 heteroatoms. The van der Waals surface area contributed by atoms with Crippen LogP contribution in [0.3, 0.4) is 0 Å². The molecule has 1 fully saturated rings. The van der Waals surface area contributed by atoms with Crippen molar-refractivity contribution in [3.05, 3.63) is 29.8 Å². The second-order valence-electron chi connectivity index (χ2n) is 7.23. The lowest BCUT2D eigenvalue weighted by atomic mass is 9.64. The zero-order valence-corrected chi connectivity index (χ0v) is 14.1. The van der Waals surface area contributed by atoms with Gasteiger partial charge in [0.05, 0.1) is 6.61 Å². The Labute approximate surface area is 130 Å². The molecule has 2 nitrogen and oxygen atoms in total. The zero-order valence-electron chi connectivity index (χ0n) is 14.1. The molecule has 0 radical (unpaired) electrons. The predicted octanol–water partition coefficient (Wildman–Crippen LogP) is 4.87. The maximum Gasteiger partial charge on any atom is 0.119 e. The largest absolute Gasteiger partial charge is 0.494 e. The Morgan fingerprint density at radius 1 is 1.14 bits per heavy atom.